The van der Waals surface area contributed by atoms with Gasteiger partial charge in [-0.3, -0.25) is 9.59 Å². The van der Waals surface area contributed by atoms with Crippen LogP contribution >= 0.6 is 0 Å². The van der Waals surface area contributed by atoms with Crippen LogP contribution in [0, 0.1) is 5.92 Å². The molecule has 0 radical (unpaired) electrons. The van der Waals surface area contributed by atoms with Crippen molar-refractivity contribution in [1.29, 1.82) is 0 Å². The summed E-state index contributed by atoms with van der Waals surface area (Å²) in [6, 6.07) is 2.50. The number of aryl methyl sites for hydroxylation is 1. The van der Waals surface area contributed by atoms with Gasteiger partial charge in [-0.15, -0.1) is 0 Å². The Morgan fingerprint density at radius 2 is 2.11 bits per heavy atom. The lowest BCUT2D eigenvalue weighted by molar-refractivity contribution is -0.118. The molecule has 1 rings (SSSR count). The fourth-order valence-corrected chi connectivity index (χ4v) is 1.55. The number of nitrogens with one attached hydrogen (secondary N) is 1. The van der Waals surface area contributed by atoms with Gasteiger partial charge in [0, 0.05) is 18.8 Å². The van der Waals surface area contributed by atoms with Crippen molar-refractivity contribution in [2.24, 2.45) is 11.7 Å². The number of nitrogens with zero attached hydrogens (tertiary/aromatic N) is 1. The molecule has 1 atom stereocenters. The first-order valence-corrected chi connectivity index (χ1v) is 6.22. The quantitative estimate of drug-likeness (QED) is 0.825. The largest absolute Gasteiger partial charge is 0.323 e. The molecule has 0 bridgehead atoms. The Morgan fingerprint density at radius 1 is 1.44 bits per heavy atom. The summed E-state index contributed by atoms with van der Waals surface area (Å²) < 4.78 is 1.58. The van der Waals surface area contributed by atoms with Crippen LogP contribution in [-0.4, -0.2) is 16.5 Å². The zero-order valence-corrected chi connectivity index (χ0v) is 11.1. The fraction of sp³-hybridized carbons (Fsp3) is 0.538. The van der Waals surface area contributed by atoms with Gasteiger partial charge in [0.1, 0.15) is 0 Å². The molecule has 0 aromatic carbocycles. The monoisotopic (exact) mass is 251 g/mol. The van der Waals surface area contributed by atoms with Crippen molar-refractivity contribution in [2.75, 3.05) is 5.32 Å². The Kier molecular flexibility index (Phi) is 5.09. The maximum atomic E-state index is 11.8. The van der Waals surface area contributed by atoms with Crippen LogP contribution in [0.5, 0.6) is 0 Å². The summed E-state index contributed by atoms with van der Waals surface area (Å²) in [7, 11) is 0. The third kappa shape index (κ3) is 3.70. The van der Waals surface area contributed by atoms with Gasteiger partial charge in [-0.2, -0.15) is 0 Å². The lowest BCUT2D eigenvalue weighted by Crippen LogP contribution is -2.40. The zero-order chi connectivity index (χ0) is 13.7. The number of hydrogen-bond donors (Lipinski definition) is 2. The first-order chi connectivity index (χ1) is 8.45. The molecule has 3 N–H and O–H groups in total. The highest BCUT2D eigenvalue weighted by atomic mass is 16.2. The minimum atomic E-state index is -0.545. The summed E-state index contributed by atoms with van der Waals surface area (Å²) in [6.45, 7) is 6.41. The van der Waals surface area contributed by atoms with E-state index < -0.39 is 6.04 Å². The summed E-state index contributed by atoms with van der Waals surface area (Å²) in [5.74, 6) is -0.154. The molecule has 0 aliphatic carbocycles. The first-order valence-electron chi connectivity index (χ1n) is 6.22. The summed E-state index contributed by atoms with van der Waals surface area (Å²) >= 11 is 0. The van der Waals surface area contributed by atoms with Crippen molar-refractivity contribution in [3.63, 3.8) is 0 Å². The van der Waals surface area contributed by atoms with Crippen LogP contribution in [0.15, 0.2) is 23.1 Å². The fourth-order valence-electron chi connectivity index (χ4n) is 1.55. The van der Waals surface area contributed by atoms with Crippen LogP contribution in [-0.2, 0) is 11.3 Å². The number of rotatable bonds is 5. The average molecular weight is 251 g/mol. The number of nitrogens with two attached hydrogens (primary N) is 1. The molecule has 0 saturated carbocycles. The molecule has 100 valence electrons. The highest BCUT2D eigenvalue weighted by molar-refractivity contribution is 5.94. The van der Waals surface area contributed by atoms with E-state index in [0.29, 0.717) is 12.2 Å². The minimum absolute atomic E-state index is 0.0667. The third-order valence-corrected chi connectivity index (χ3v) is 2.74. The van der Waals surface area contributed by atoms with Crippen LogP contribution < -0.4 is 16.6 Å². The van der Waals surface area contributed by atoms with Gasteiger partial charge in [0.15, 0.2) is 0 Å². The molecule has 0 spiro atoms. The molecular weight excluding hydrogens is 230 g/mol. The van der Waals surface area contributed by atoms with E-state index in [9.17, 15) is 9.59 Å². The molecule has 1 unspecified atom stereocenters. The number of anilines is 1. The molecular formula is C13H21N3O2. The molecule has 1 aromatic rings. The SMILES string of the molecule is CCCn1cc(NC(=O)C(N)C(C)C)ccc1=O. The molecule has 0 aliphatic heterocycles. The van der Waals surface area contributed by atoms with E-state index >= 15 is 0 Å². The van der Waals surface area contributed by atoms with E-state index in [0.717, 1.165) is 6.42 Å². The van der Waals surface area contributed by atoms with Gasteiger partial charge in [0.25, 0.3) is 5.56 Å². The highest BCUT2D eigenvalue weighted by Gasteiger charge is 2.17. The third-order valence-electron chi connectivity index (χ3n) is 2.74. The molecule has 18 heavy (non-hydrogen) atoms. The molecule has 5 heteroatoms. The zero-order valence-electron chi connectivity index (χ0n) is 11.1. The summed E-state index contributed by atoms with van der Waals surface area (Å²) in [5, 5.41) is 2.73. The molecule has 1 aromatic heterocycles. The first kappa shape index (κ1) is 14.4. The Balaban J connectivity index is 2.82. The van der Waals surface area contributed by atoms with E-state index in [-0.39, 0.29) is 17.4 Å². The van der Waals surface area contributed by atoms with Crippen LogP contribution in [0.2, 0.25) is 0 Å². The molecule has 0 saturated heterocycles. The van der Waals surface area contributed by atoms with Gasteiger partial charge < -0.3 is 15.6 Å². The van der Waals surface area contributed by atoms with Gasteiger partial charge in [-0.25, -0.2) is 0 Å². The predicted octanol–water partition coefficient (Wildman–Crippen LogP) is 1.18. The molecule has 1 amide bonds. The van der Waals surface area contributed by atoms with Gasteiger partial charge in [0.05, 0.1) is 11.7 Å². The van der Waals surface area contributed by atoms with E-state index in [1.54, 1.807) is 16.8 Å². The van der Waals surface area contributed by atoms with E-state index in [2.05, 4.69) is 5.32 Å². The van der Waals surface area contributed by atoms with Crippen molar-refractivity contribution < 1.29 is 4.79 Å². The van der Waals surface area contributed by atoms with Gasteiger partial charge >= 0.3 is 0 Å². The summed E-state index contributed by atoms with van der Waals surface area (Å²) in [5.41, 5.74) is 6.29. The second kappa shape index (κ2) is 6.35. The number of pyridine rings is 1. The number of hydrogen-bond acceptors (Lipinski definition) is 3. The van der Waals surface area contributed by atoms with E-state index in [1.807, 2.05) is 20.8 Å². The smallest absolute Gasteiger partial charge is 0.250 e. The lowest BCUT2D eigenvalue weighted by atomic mass is 10.1. The van der Waals surface area contributed by atoms with E-state index in [4.69, 9.17) is 5.73 Å². The molecule has 1 heterocycles. The normalized spacial score (nSPS) is 12.5. The van der Waals surface area contributed by atoms with Crippen molar-refractivity contribution in [2.45, 2.75) is 39.8 Å². The molecule has 0 fully saturated rings. The average Bonchev–Trinajstić information content (AvgIpc) is 2.32. The van der Waals surface area contributed by atoms with Gasteiger partial charge in [-0.05, 0) is 18.4 Å². The van der Waals surface area contributed by atoms with Gasteiger partial charge in [0.2, 0.25) is 5.91 Å². The van der Waals surface area contributed by atoms with Crippen LogP contribution in [0.25, 0.3) is 0 Å². The van der Waals surface area contributed by atoms with Crippen LogP contribution in [0.4, 0.5) is 5.69 Å². The Bertz CT molecular complexity index is 466. The Labute approximate surface area is 107 Å². The van der Waals surface area contributed by atoms with E-state index in [1.165, 1.54) is 6.07 Å². The van der Waals surface area contributed by atoms with Crippen LogP contribution in [0.1, 0.15) is 27.2 Å². The standard InChI is InChI=1S/C13H21N3O2/c1-4-7-16-8-10(5-6-11(16)17)15-13(18)12(14)9(2)3/h5-6,8-9,12H,4,7,14H2,1-3H3,(H,15,18). The molecule has 0 aliphatic rings. The lowest BCUT2D eigenvalue weighted by Gasteiger charge is -2.15. The number of aromatic nitrogens is 1. The van der Waals surface area contributed by atoms with Crippen molar-refractivity contribution in [3.8, 4) is 0 Å². The van der Waals surface area contributed by atoms with Crippen molar-refractivity contribution >= 4 is 11.6 Å². The van der Waals surface area contributed by atoms with Crippen molar-refractivity contribution in [1.82, 2.24) is 4.57 Å². The maximum absolute atomic E-state index is 11.8. The maximum Gasteiger partial charge on any atom is 0.250 e. The Morgan fingerprint density at radius 3 is 2.67 bits per heavy atom. The second-order valence-corrected chi connectivity index (χ2v) is 4.71. The highest BCUT2D eigenvalue weighted by Crippen LogP contribution is 2.07. The molecule has 5 nitrogen and oxygen atoms in total. The number of amides is 1. The second-order valence-electron chi connectivity index (χ2n) is 4.71. The predicted molar refractivity (Wildman–Crippen MR) is 72.4 cm³/mol. The van der Waals surface area contributed by atoms with Gasteiger partial charge in [-0.1, -0.05) is 20.8 Å². The Hall–Kier alpha value is -1.62. The number of carbonyl (C=O) groups excluding carboxylic acids is 1. The number of carbonyl (C=O) groups is 1. The van der Waals surface area contributed by atoms with Crippen LogP contribution in [0.3, 0.4) is 0 Å². The minimum Gasteiger partial charge on any atom is -0.323 e. The topological polar surface area (TPSA) is 77.1 Å². The van der Waals surface area contributed by atoms with Crippen molar-refractivity contribution in [3.05, 3.63) is 28.7 Å². The summed E-state index contributed by atoms with van der Waals surface area (Å²) in [4.78, 5) is 23.3. The summed E-state index contributed by atoms with van der Waals surface area (Å²) in [6.07, 6.45) is 2.51.